The van der Waals surface area contributed by atoms with Crippen molar-refractivity contribution in [2.75, 3.05) is 7.11 Å². The minimum Gasteiger partial charge on any atom is -0.465 e. The van der Waals surface area contributed by atoms with Crippen LogP contribution in [0.4, 0.5) is 0 Å². The van der Waals surface area contributed by atoms with Crippen LogP contribution in [0.5, 0.6) is 0 Å². The lowest BCUT2D eigenvalue weighted by Crippen LogP contribution is -2.40. The van der Waals surface area contributed by atoms with Crippen LogP contribution in [0, 0.1) is 5.41 Å². The summed E-state index contributed by atoms with van der Waals surface area (Å²) in [4.78, 5) is 11.4. The molecule has 1 fully saturated rings. The lowest BCUT2D eigenvalue weighted by molar-refractivity contribution is -0.135. The fraction of sp³-hybridized carbons (Fsp3) is 0.615. The Morgan fingerprint density at radius 2 is 2.38 bits per heavy atom. The van der Waals surface area contributed by atoms with E-state index in [-0.39, 0.29) is 0 Å². The second-order valence-corrected chi connectivity index (χ2v) is 4.78. The summed E-state index contributed by atoms with van der Waals surface area (Å²) >= 11 is 0. The van der Waals surface area contributed by atoms with E-state index in [2.05, 4.69) is 4.74 Å². The highest BCUT2D eigenvalue weighted by atomic mass is 16.5. The molecular weight excluding hydrogens is 204 g/mol. The van der Waals surface area contributed by atoms with E-state index >= 15 is 0 Å². The molecule has 3 heteroatoms. The average Bonchev–Trinajstić information content (AvgIpc) is 2.58. The summed E-state index contributed by atoms with van der Waals surface area (Å²) < 4.78 is 12.8. The van der Waals surface area contributed by atoms with Crippen molar-refractivity contribution in [3.63, 3.8) is 0 Å². The van der Waals surface area contributed by atoms with Crippen LogP contribution in [0.3, 0.4) is 0 Å². The first-order valence-electron chi connectivity index (χ1n) is 6.15. The number of aliphatic hydroxyl groups is 1. The number of hydrogen-bond acceptors (Lipinski definition) is 3. The molecule has 0 aliphatic heterocycles. The monoisotopic (exact) mass is 223 g/mol. The van der Waals surface area contributed by atoms with E-state index in [1.165, 1.54) is 7.11 Å². The third-order valence-electron chi connectivity index (χ3n) is 3.80. The SMILES string of the molecule is [2H]C1C=C(C(=O)OC)C=C[C@@]12CCC[C@@]2(C)O. The molecule has 0 aromatic rings. The zero-order valence-corrected chi connectivity index (χ0v) is 9.69. The van der Waals surface area contributed by atoms with Gasteiger partial charge in [-0.2, -0.15) is 0 Å². The molecule has 2 aliphatic carbocycles. The van der Waals surface area contributed by atoms with Gasteiger partial charge in [-0.3, -0.25) is 0 Å². The van der Waals surface area contributed by atoms with Crippen LogP contribution < -0.4 is 0 Å². The molecule has 1 N–H and O–H groups in total. The standard InChI is InChI=1S/C13H18O3/c1-12(15)6-3-7-13(12)8-4-10(5-9-13)11(14)16-2/h4-5,8,15H,3,6-7,9H2,1-2H3/t12-,13+/m1/s1/i9D/t9?,12-,13+. The fourth-order valence-electron chi connectivity index (χ4n) is 2.59. The van der Waals surface area contributed by atoms with Crippen LogP contribution in [-0.2, 0) is 9.53 Å². The molecule has 88 valence electrons. The summed E-state index contributed by atoms with van der Waals surface area (Å²) in [5.74, 6) is -0.425. The van der Waals surface area contributed by atoms with Gasteiger partial charge >= 0.3 is 5.97 Å². The van der Waals surface area contributed by atoms with Gasteiger partial charge in [-0.05, 0) is 32.6 Å². The Bertz CT molecular complexity index is 397. The number of hydrogen-bond donors (Lipinski definition) is 1. The van der Waals surface area contributed by atoms with Crippen molar-refractivity contribution in [1.82, 2.24) is 0 Å². The highest BCUT2D eigenvalue weighted by Crippen LogP contribution is 2.51. The van der Waals surface area contributed by atoms with Crippen molar-refractivity contribution in [2.45, 2.75) is 38.2 Å². The zero-order chi connectivity index (χ0) is 12.7. The van der Waals surface area contributed by atoms with Gasteiger partial charge in [0.05, 0.1) is 18.3 Å². The number of esters is 1. The molecule has 1 spiro atoms. The summed E-state index contributed by atoms with van der Waals surface area (Å²) in [6, 6.07) is 0. The van der Waals surface area contributed by atoms with Crippen molar-refractivity contribution in [3.05, 3.63) is 23.8 Å². The van der Waals surface area contributed by atoms with E-state index < -0.39 is 23.4 Å². The molecular formula is C13H18O3. The van der Waals surface area contributed by atoms with E-state index in [9.17, 15) is 9.90 Å². The second-order valence-electron chi connectivity index (χ2n) is 4.78. The van der Waals surface area contributed by atoms with E-state index in [4.69, 9.17) is 1.37 Å². The first kappa shape index (κ1) is 10.1. The van der Waals surface area contributed by atoms with Crippen molar-refractivity contribution in [3.8, 4) is 0 Å². The summed E-state index contributed by atoms with van der Waals surface area (Å²) in [6.45, 7) is 1.78. The topological polar surface area (TPSA) is 46.5 Å². The van der Waals surface area contributed by atoms with Gasteiger partial charge in [0.15, 0.2) is 0 Å². The normalized spacial score (nSPS) is 43.1. The van der Waals surface area contributed by atoms with Crippen LogP contribution >= 0.6 is 0 Å². The predicted octanol–water partition coefficient (Wildman–Crippen LogP) is 1.97. The highest BCUT2D eigenvalue weighted by molar-refractivity contribution is 5.91. The Labute approximate surface area is 97.2 Å². The van der Waals surface area contributed by atoms with E-state index in [1.807, 2.05) is 6.08 Å². The van der Waals surface area contributed by atoms with Crippen LogP contribution in [0.1, 0.15) is 34.0 Å². The predicted molar refractivity (Wildman–Crippen MR) is 60.8 cm³/mol. The van der Waals surface area contributed by atoms with Gasteiger partial charge in [0.1, 0.15) is 0 Å². The van der Waals surface area contributed by atoms with Crippen molar-refractivity contribution >= 4 is 5.97 Å². The molecule has 3 atom stereocenters. The smallest absolute Gasteiger partial charge is 0.337 e. The van der Waals surface area contributed by atoms with E-state index in [0.29, 0.717) is 12.0 Å². The maximum absolute atomic E-state index is 11.4. The largest absolute Gasteiger partial charge is 0.465 e. The molecule has 0 heterocycles. The molecule has 3 nitrogen and oxygen atoms in total. The molecule has 2 aliphatic rings. The Balaban J connectivity index is 2.31. The quantitative estimate of drug-likeness (QED) is 0.691. The third-order valence-corrected chi connectivity index (χ3v) is 3.80. The van der Waals surface area contributed by atoms with Crippen molar-refractivity contribution < 1.29 is 16.0 Å². The summed E-state index contributed by atoms with van der Waals surface area (Å²) in [6.07, 6.45) is 6.89. The van der Waals surface area contributed by atoms with Crippen molar-refractivity contribution in [2.24, 2.45) is 5.41 Å². The van der Waals surface area contributed by atoms with E-state index in [0.717, 1.165) is 12.8 Å². The van der Waals surface area contributed by atoms with E-state index in [1.54, 1.807) is 19.1 Å². The number of allylic oxidation sites excluding steroid dienone is 1. The minimum atomic E-state index is -0.867. The number of carbonyl (C=O) groups is 1. The van der Waals surface area contributed by atoms with Gasteiger partial charge in [-0.15, -0.1) is 0 Å². The Kier molecular flexibility index (Phi) is 2.36. The number of methoxy groups -OCH3 is 1. The molecule has 0 amide bonds. The first-order chi connectivity index (χ1) is 7.93. The lowest BCUT2D eigenvalue weighted by Gasteiger charge is -2.38. The maximum atomic E-state index is 11.4. The van der Waals surface area contributed by atoms with Gasteiger partial charge in [-0.1, -0.05) is 18.2 Å². The molecule has 1 unspecified atom stereocenters. The average molecular weight is 223 g/mol. The highest BCUT2D eigenvalue weighted by Gasteiger charge is 2.49. The number of carbonyl (C=O) groups excluding carboxylic acids is 1. The van der Waals surface area contributed by atoms with Gasteiger partial charge in [0.25, 0.3) is 0 Å². The summed E-state index contributed by atoms with van der Waals surface area (Å²) in [5, 5.41) is 10.4. The van der Waals surface area contributed by atoms with Crippen LogP contribution in [0.2, 0.25) is 0 Å². The lowest BCUT2D eigenvalue weighted by atomic mass is 9.70. The second kappa shape index (κ2) is 3.74. The molecule has 0 saturated heterocycles. The minimum absolute atomic E-state index is 0.404. The molecule has 0 bridgehead atoms. The first-order valence-corrected chi connectivity index (χ1v) is 5.57. The number of ether oxygens (including phenoxy) is 1. The Morgan fingerprint density at radius 1 is 1.62 bits per heavy atom. The maximum Gasteiger partial charge on any atom is 0.337 e. The Morgan fingerprint density at radius 3 is 2.88 bits per heavy atom. The van der Waals surface area contributed by atoms with Crippen molar-refractivity contribution in [1.29, 1.82) is 0 Å². The molecule has 16 heavy (non-hydrogen) atoms. The summed E-state index contributed by atoms with van der Waals surface area (Å²) in [7, 11) is 1.33. The zero-order valence-electron chi connectivity index (χ0n) is 10.7. The summed E-state index contributed by atoms with van der Waals surface area (Å²) in [5.41, 5.74) is -1.01. The molecule has 0 radical (unpaired) electrons. The van der Waals surface area contributed by atoms with Crippen LogP contribution in [0.25, 0.3) is 0 Å². The van der Waals surface area contributed by atoms with Crippen LogP contribution in [0.15, 0.2) is 23.8 Å². The van der Waals surface area contributed by atoms with Gasteiger partial charge in [0.2, 0.25) is 0 Å². The molecule has 1 saturated carbocycles. The molecule has 2 rings (SSSR count). The third kappa shape index (κ3) is 1.59. The fourth-order valence-corrected chi connectivity index (χ4v) is 2.59. The van der Waals surface area contributed by atoms with Gasteiger partial charge < -0.3 is 9.84 Å². The van der Waals surface area contributed by atoms with Crippen LogP contribution in [-0.4, -0.2) is 23.8 Å². The molecule has 0 aromatic carbocycles. The van der Waals surface area contributed by atoms with Gasteiger partial charge in [0, 0.05) is 6.79 Å². The van der Waals surface area contributed by atoms with Gasteiger partial charge in [-0.25, -0.2) is 4.79 Å². The number of rotatable bonds is 1. The Hall–Kier alpha value is -1.09. The molecule has 0 aromatic heterocycles.